The summed E-state index contributed by atoms with van der Waals surface area (Å²) in [7, 11) is 0. The molecule has 0 bridgehead atoms. The summed E-state index contributed by atoms with van der Waals surface area (Å²) in [4.78, 5) is 10.9. The van der Waals surface area contributed by atoms with E-state index in [9.17, 15) is 23.1 Å². The van der Waals surface area contributed by atoms with Crippen LogP contribution in [-0.2, 0) is 9.53 Å². The molecule has 0 aromatic rings. The number of rotatable bonds is 2. The number of ether oxygens (including phenoxy) is 1. The lowest BCUT2D eigenvalue weighted by atomic mass is 10.1. The van der Waals surface area contributed by atoms with Gasteiger partial charge in [-0.15, -0.1) is 0 Å². The highest BCUT2D eigenvalue weighted by atomic mass is 19.4. The Morgan fingerprint density at radius 3 is 2.73 bits per heavy atom. The van der Waals surface area contributed by atoms with Crippen LogP contribution in [0.15, 0.2) is 0 Å². The second-order valence-corrected chi connectivity index (χ2v) is 3.40. The predicted octanol–water partition coefficient (Wildman–Crippen LogP) is 0.205. The molecule has 0 unspecified atom stereocenters. The maximum atomic E-state index is 11.8. The van der Waals surface area contributed by atoms with Gasteiger partial charge in [0, 0.05) is 6.61 Å². The minimum atomic E-state index is -4.51. The standard InChI is InChI=1S/C8H12F3NO3/c9-8(10,11)3-7(14)12-5-1-2-15-4-6(5)13/h5-6,13H,1-4H2,(H,12,14)/t5-,6-/m1/s1. The van der Waals surface area contributed by atoms with Gasteiger partial charge in [-0.3, -0.25) is 4.79 Å². The topological polar surface area (TPSA) is 58.6 Å². The smallest absolute Gasteiger partial charge is 0.389 e. The van der Waals surface area contributed by atoms with E-state index in [1.807, 2.05) is 0 Å². The van der Waals surface area contributed by atoms with E-state index in [1.54, 1.807) is 0 Å². The average molecular weight is 227 g/mol. The number of alkyl halides is 3. The van der Waals surface area contributed by atoms with Gasteiger partial charge in [0.2, 0.25) is 5.91 Å². The third kappa shape index (κ3) is 4.48. The van der Waals surface area contributed by atoms with Gasteiger partial charge < -0.3 is 15.2 Å². The molecule has 0 spiro atoms. The second-order valence-electron chi connectivity index (χ2n) is 3.40. The zero-order valence-corrected chi connectivity index (χ0v) is 7.88. The zero-order chi connectivity index (χ0) is 11.5. The molecule has 2 N–H and O–H groups in total. The van der Waals surface area contributed by atoms with Gasteiger partial charge in [-0.05, 0) is 6.42 Å². The molecule has 1 aliphatic rings. The molecule has 1 rings (SSSR count). The highest BCUT2D eigenvalue weighted by Crippen LogP contribution is 2.19. The first kappa shape index (κ1) is 12.3. The van der Waals surface area contributed by atoms with E-state index in [-0.39, 0.29) is 6.61 Å². The molecule has 1 saturated heterocycles. The van der Waals surface area contributed by atoms with Crippen molar-refractivity contribution in [3.63, 3.8) is 0 Å². The molecule has 0 aromatic carbocycles. The van der Waals surface area contributed by atoms with E-state index in [0.717, 1.165) is 0 Å². The second kappa shape index (κ2) is 4.80. The third-order valence-electron chi connectivity index (χ3n) is 2.03. The van der Waals surface area contributed by atoms with Crippen LogP contribution >= 0.6 is 0 Å². The molecular formula is C8H12F3NO3. The molecule has 0 saturated carbocycles. The summed E-state index contributed by atoms with van der Waals surface area (Å²) >= 11 is 0. The van der Waals surface area contributed by atoms with Crippen molar-refractivity contribution >= 4 is 5.91 Å². The van der Waals surface area contributed by atoms with Crippen LogP contribution in [0.1, 0.15) is 12.8 Å². The van der Waals surface area contributed by atoms with Crippen LogP contribution < -0.4 is 5.32 Å². The molecule has 1 fully saturated rings. The lowest BCUT2D eigenvalue weighted by Crippen LogP contribution is -2.49. The van der Waals surface area contributed by atoms with Crippen LogP contribution in [0.2, 0.25) is 0 Å². The minimum Gasteiger partial charge on any atom is -0.389 e. The van der Waals surface area contributed by atoms with E-state index in [1.165, 1.54) is 0 Å². The van der Waals surface area contributed by atoms with Crippen LogP contribution in [0.25, 0.3) is 0 Å². The molecule has 0 radical (unpaired) electrons. The summed E-state index contributed by atoms with van der Waals surface area (Å²) in [6.45, 7) is 0.366. The molecule has 15 heavy (non-hydrogen) atoms. The van der Waals surface area contributed by atoms with E-state index in [0.29, 0.717) is 13.0 Å². The Morgan fingerprint density at radius 1 is 1.53 bits per heavy atom. The van der Waals surface area contributed by atoms with Crippen molar-refractivity contribution in [2.75, 3.05) is 13.2 Å². The molecule has 0 aromatic heterocycles. The summed E-state index contributed by atoms with van der Waals surface area (Å²) in [5, 5.41) is 11.4. The fourth-order valence-corrected chi connectivity index (χ4v) is 1.33. The van der Waals surface area contributed by atoms with Gasteiger partial charge in [0.15, 0.2) is 0 Å². The Bertz CT molecular complexity index is 232. The maximum absolute atomic E-state index is 11.8. The zero-order valence-electron chi connectivity index (χ0n) is 7.88. The average Bonchev–Trinajstić information content (AvgIpc) is 2.05. The van der Waals surface area contributed by atoms with Crippen LogP contribution in [0.5, 0.6) is 0 Å². The summed E-state index contributed by atoms with van der Waals surface area (Å²) < 4.78 is 40.3. The van der Waals surface area contributed by atoms with Crippen molar-refractivity contribution in [3.8, 4) is 0 Å². The molecule has 7 heteroatoms. The molecule has 1 amide bonds. The van der Waals surface area contributed by atoms with E-state index in [4.69, 9.17) is 4.74 Å². The number of hydrogen-bond acceptors (Lipinski definition) is 3. The number of carbonyl (C=O) groups is 1. The van der Waals surface area contributed by atoms with Crippen molar-refractivity contribution in [3.05, 3.63) is 0 Å². The van der Waals surface area contributed by atoms with Gasteiger partial charge in [0.1, 0.15) is 6.42 Å². The number of aliphatic hydroxyl groups is 1. The van der Waals surface area contributed by atoms with Crippen LogP contribution in [0, 0.1) is 0 Å². The number of halogens is 3. The fourth-order valence-electron chi connectivity index (χ4n) is 1.33. The Balaban J connectivity index is 2.36. The molecule has 2 atom stereocenters. The first-order valence-corrected chi connectivity index (χ1v) is 4.50. The normalized spacial score (nSPS) is 27.5. The highest BCUT2D eigenvalue weighted by molar-refractivity contribution is 5.76. The first-order chi connectivity index (χ1) is 6.88. The number of carbonyl (C=O) groups excluding carboxylic acids is 1. The Morgan fingerprint density at radius 2 is 2.20 bits per heavy atom. The Labute approximate surface area is 84.4 Å². The lowest BCUT2D eigenvalue weighted by Gasteiger charge is -2.28. The van der Waals surface area contributed by atoms with Gasteiger partial charge in [-0.1, -0.05) is 0 Å². The number of hydrogen-bond donors (Lipinski definition) is 2. The Hall–Kier alpha value is -0.820. The SMILES string of the molecule is O=C(CC(F)(F)F)N[C@@H]1CCOC[C@H]1O. The fraction of sp³-hybridized carbons (Fsp3) is 0.875. The van der Waals surface area contributed by atoms with Crippen LogP contribution in [-0.4, -0.2) is 42.5 Å². The van der Waals surface area contributed by atoms with Gasteiger partial charge in [0.05, 0.1) is 18.8 Å². The molecule has 88 valence electrons. The lowest BCUT2D eigenvalue weighted by molar-refractivity contribution is -0.155. The van der Waals surface area contributed by atoms with Crippen molar-refractivity contribution < 1.29 is 27.8 Å². The third-order valence-corrected chi connectivity index (χ3v) is 2.03. The van der Waals surface area contributed by atoms with Gasteiger partial charge >= 0.3 is 6.18 Å². The van der Waals surface area contributed by atoms with Gasteiger partial charge in [-0.25, -0.2) is 0 Å². The van der Waals surface area contributed by atoms with Gasteiger partial charge in [0.25, 0.3) is 0 Å². The molecule has 1 heterocycles. The quantitative estimate of drug-likeness (QED) is 0.708. The van der Waals surface area contributed by atoms with E-state index in [2.05, 4.69) is 5.32 Å². The molecule has 4 nitrogen and oxygen atoms in total. The first-order valence-electron chi connectivity index (χ1n) is 4.50. The van der Waals surface area contributed by atoms with E-state index >= 15 is 0 Å². The van der Waals surface area contributed by atoms with Gasteiger partial charge in [-0.2, -0.15) is 13.2 Å². The minimum absolute atomic E-state index is 0.0387. The summed E-state index contributed by atoms with van der Waals surface area (Å²) in [5.74, 6) is -1.12. The van der Waals surface area contributed by atoms with Crippen molar-refractivity contribution in [1.29, 1.82) is 0 Å². The van der Waals surface area contributed by atoms with Crippen LogP contribution in [0.4, 0.5) is 13.2 Å². The summed E-state index contributed by atoms with van der Waals surface area (Å²) in [5.41, 5.74) is 0. The Kier molecular flexibility index (Phi) is 3.92. The molecule has 0 aliphatic carbocycles. The molecular weight excluding hydrogens is 215 g/mol. The largest absolute Gasteiger partial charge is 0.397 e. The number of nitrogens with one attached hydrogen (secondary N) is 1. The number of aliphatic hydroxyl groups excluding tert-OH is 1. The molecule has 1 aliphatic heterocycles. The highest BCUT2D eigenvalue weighted by Gasteiger charge is 2.33. The van der Waals surface area contributed by atoms with Crippen molar-refractivity contribution in [2.45, 2.75) is 31.2 Å². The monoisotopic (exact) mass is 227 g/mol. The number of amides is 1. The van der Waals surface area contributed by atoms with Crippen LogP contribution in [0.3, 0.4) is 0 Å². The van der Waals surface area contributed by atoms with Crippen molar-refractivity contribution in [1.82, 2.24) is 5.32 Å². The maximum Gasteiger partial charge on any atom is 0.397 e. The summed E-state index contributed by atoms with van der Waals surface area (Å²) in [6.07, 6.45) is -6.64. The summed E-state index contributed by atoms with van der Waals surface area (Å²) in [6, 6.07) is -0.645. The van der Waals surface area contributed by atoms with E-state index < -0.39 is 30.7 Å². The van der Waals surface area contributed by atoms with Crippen molar-refractivity contribution in [2.24, 2.45) is 0 Å². The predicted molar refractivity (Wildman–Crippen MR) is 44.0 cm³/mol.